The quantitative estimate of drug-likeness (QED) is 0.286. The molecule has 12 heteroatoms. The molecule has 0 atom stereocenters. The summed E-state index contributed by atoms with van der Waals surface area (Å²) in [5.41, 5.74) is 4.45. The predicted octanol–water partition coefficient (Wildman–Crippen LogP) is 4.91. The van der Waals surface area contributed by atoms with Crippen LogP contribution < -0.4 is 19.6 Å². The Hall–Kier alpha value is 0.859. The summed E-state index contributed by atoms with van der Waals surface area (Å²) in [7, 11) is -8.90. The molecule has 0 saturated heterocycles. The summed E-state index contributed by atoms with van der Waals surface area (Å²) in [5.74, 6) is 0.615. The summed E-state index contributed by atoms with van der Waals surface area (Å²) >= 11 is 0. The smallest absolute Gasteiger partial charge is 0.811 e. The van der Waals surface area contributed by atoms with E-state index in [9.17, 15) is 38.9 Å². The molecular formula is C34H54Ca2O8P2. The topological polar surface area (TPSA) is 167 Å². The van der Waals surface area contributed by atoms with E-state index in [-0.39, 0.29) is 109 Å². The van der Waals surface area contributed by atoms with Gasteiger partial charge in [-0.25, -0.2) is 0 Å². The fourth-order valence-corrected chi connectivity index (χ4v) is 6.01. The third kappa shape index (κ3) is 17.2. The molecule has 0 unspecified atom stereocenters. The zero-order chi connectivity index (χ0) is 34.7. The molecule has 0 fully saturated rings. The van der Waals surface area contributed by atoms with Crippen molar-refractivity contribution in [2.45, 2.75) is 130 Å². The van der Waals surface area contributed by atoms with Crippen molar-refractivity contribution >= 4 is 90.7 Å². The summed E-state index contributed by atoms with van der Waals surface area (Å²) in [4.78, 5) is 43.0. The van der Waals surface area contributed by atoms with Crippen molar-refractivity contribution in [1.29, 1.82) is 0 Å². The van der Waals surface area contributed by atoms with Crippen LogP contribution in [0.25, 0.3) is 0 Å². The Labute approximate surface area is 337 Å². The number of hydrogen-bond acceptors (Lipinski definition) is 8. The molecule has 0 radical (unpaired) electrons. The second-order valence-corrected chi connectivity index (χ2v) is 19.3. The number of rotatable bonds is 8. The number of aromatic hydroxyl groups is 2. The molecule has 0 aliphatic carbocycles. The molecule has 0 aliphatic rings. The van der Waals surface area contributed by atoms with E-state index < -0.39 is 15.2 Å². The first-order valence-corrected chi connectivity index (χ1v) is 18.6. The normalized spacial score (nSPS) is 12.9. The molecule has 0 heterocycles. The monoisotopic (exact) mass is 732 g/mol. The van der Waals surface area contributed by atoms with Gasteiger partial charge in [0.25, 0.3) is 0 Å². The van der Waals surface area contributed by atoms with Crippen LogP contribution in [-0.4, -0.2) is 98.0 Å². The molecule has 2 rings (SSSR count). The van der Waals surface area contributed by atoms with Crippen molar-refractivity contribution < 1.29 is 38.9 Å². The molecule has 2 aromatic rings. The fourth-order valence-electron chi connectivity index (χ4n) is 4.92. The third-order valence-corrected chi connectivity index (χ3v) is 9.09. The Morgan fingerprint density at radius 2 is 0.696 bits per heavy atom. The maximum atomic E-state index is 10.8. The van der Waals surface area contributed by atoms with Crippen molar-refractivity contribution in [2.24, 2.45) is 0 Å². The van der Waals surface area contributed by atoms with E-state index in [2.05, 4.69) is 0 Å². The van der Waals surface area contributed by atoms with Crippen LogP contribution in [0.4, 0.5) is 0 Å². The number of phenols is 2. The largest absolute Gasteiger partial charge is 2.00 e. The zero-order valence-corrected chi connectivity index (χ0v) is 36.4. The first-order valence-electron chi connectivity index (χ1n) is 15.2. The SMILES string of the molecule is CC(C)(C)c1cc(CCCP(=O)([O-])[O-])cc(C(C)(C)C)c1O.CC(C)(C)c1cc(CCCP(=O)([O-])[O-])cc(C(C)(C)C)c1O.[Ca+2].[Ca+2]. The average Bonchev–Trinajstić information content (AvgIpc) is 2.76. The van der Waals surface area contributed by atoms with Crippen LogP contribution in [0.5, 0.6) is 11.5 Å². The Morgan fingerprint density at radius 3 is 0.848 bits per heavy atom. The summed E-state index contributed by atoms with van der Waals surface area (Å²) in [6.45, 7) is 24.4. The van der Waals surface area contributed by atoms with Gasteiger partial charge in [-0.3, -0.25) is 0 Å². The molecule has 0 aromatic heterocycles. The van der Waals surface area contributed by atoms with Gasteiger partial charge in [-0.15, -0.1) is 0 Å². The standard InChI is InChI=1S/2C17H29O4P.2Ca/c2*1-16(2,3)13-10-12(8-7-9-22(19,20)21)11-14(15(13)18)17(4,5)6;;/h2*10-11,18H,7-9H2,1-6H3,(H2,19,20,21);;/q;;2*+2/p-4. The zero-order valence-electron chi connectivity index (χ0n) is 30.2. The van der Waals surface area contributed by atoms with Gasteiger partial charge in [0.1, 0.15) is 11.5 Å². The van der Waals surface area contributed by atoms with Crippen LogP contribution in [0.3, 0.4) is 0 Å². The Bertz CT molecular complexity index is 1190. The number of hydrogen-bond donors (Lipinski definition) is 2. The van der Waals surface area contributed by atoms with Gasteiger partial charge in [0.15, 0.2) is 0 Å². The maximum absolute atomic E-state index is 10.8. The second kappa shape index (κ2) is 18.4. The van der Waals surface area contributed by atoms with E-state index in [1.807, 2.05) is 107 Å². The first kappa shape index (κ1) is 49.0. The van der Waals surface area contributed by atoms with E-state index in [0.29, 0.717) is 37.2 Å². The molecule has 46 heavy (non-hydrogen) atoms. The van der Waals surface area contributed by atoms with E-state index in [0.717, 1.165) is 33.4 Å². The molecule has 2 N–H and O–H groups in total. The van der Waals surface area contributed by atoms with Crippen LogP contribution in [0, 0.1) is 0 Å². The van der Waals surface area contributed by atoms with E-state index in [1.165, 1.54) is 0 Å². The van der Waals surface area contributed by atoms with Crippen LogP contribution >= 0.6 is 15.2 Å². The number of aryl methyl sites for hydroxylation is 2. The van der Waals surface area contributed by atoms with Gasteiger partial charge in [0.2, 0.25) is 0 Å². The molecule has 2 aromatic carbocycles. The summed E-state index contributed by atoms with van der Waals surface area (Å²) in [6.07, 6.45) is 0.986. The minimum absolute atomic E-state index is 0. The predicted molar refractivity (Wildman–Crippen MR) is 184 cm³/mol. The van der Waals surface area contributed by atoms with E-state index in [4.69, 9.17) is 0 Å². The van der Waals surface area contributed by atoms with Gasteiger partial charge in [0.05, 0.1) is 0 Å². The van der Waals surface area contributed by atoms with Crippen LogP contribution in [-0.2, 0) is 43.6 Å². The van der Waals surface area contributed by atoms with Crippen LogP contribution in [0.1, 0.15) is 129 Å². The first-order chi connectivity index (χ1) is 19.4. The van der Waals surface area contributed by atoms with E-state index in [1.54, 1.807) is 0 Å². The van der Waals surface area contributed by atoms with Crippen molar-refractivity contribution in [3.8, 4) is 11.5 Å². The van der Waals surface area contributed by atoms with Gasteiger partial charge in [-0.05, 0) is 93.0 Å². The van der Waals surface area contributed by atoms with Crippen molar-refractivity contribution in [3.63, 3.8) is 0 Å². The summed E-state index contributed by atoms with van der Waals surface area (Å²) < 4.78 is 21.5. The molecule has 0 aliphatic heterocycles. The van der Waals surface area contributed by atoms with Crippen molar-refractivity contribution in [2.75, 3.05) is 12.3 Å². The van der Waals surface area contributed by atoms with Crippen molar-refractivity contribution in [1.82, 2.24) is 0 Å². The molecule has 0 amide bonds. The van der Waals surface area contributed by atoms with Gasteiger partial charge >= 0.3 is 75.5 Å². The molecule has 0 bridgehead atoms. The van der Waals surface area contributed by atoms with Gasteiger partial charge < -0.3 is 38.9 Å². The minimum Gasteiger partial charge on any atom is -0.811 e. The Morgan fingerprint density at radius 1 is 0.500 bits per heavy atom. The molecule has 0 spiro atoms. The van der Waals surface area contributed by atoms with Gasteiger partial charge in [-0.2, -0.15) is 0 Å². The van der Waals surface area contributed by atoms with Crippen LogP contribution in [0.2, 0.25) is 0 Å². The number of benzene rings is 2. The van der Waals surface area contributed by atoms with Crippen LogP contribution in [0.15, 0.2) is 24.3 Å². The summed E-state index contributed by atoms with van der Waals surface area (Å²) in [5, 5.41) is 21.2. The molecule has 0 saturated carbocycles. The second-order valence-electron chi connectivity index (χ2n) is 16.0. The van der Waals surface area contributed by atoms with Gasteiger partial charge in [-0.1, -0.05) is 123 Å². The fraction of sp³-hybridized carbons (Fsp3) is 0.647. The third-order valence-electron chi connectivity index (χ3n) is 7.37. The molecule has 8 nitrogen and oxygen atoms in total. The minimum atomic E-state index is -4.45. The maximum Gasteiger partial charge on any atom is 2.00 e. The van der Waals surface area contributed by atoms with Crippen molar-refractivity contribution in [3.05, 3.63) is 57.6 Å². The Kier molecular flexibility index (Phi) is 19.6. The van der Waals surface area contributed by atoms with Gasteiger partial charge in [0, 0.05) is 0 Å². The molecule has 252 valence electrons. The van der Waals surface area contributed by atoms with E-state index >= 15 is 0 Å². The average molecular weight is 733 g/mol. The Balaban J connectivity index is 0. The summed E-state index contributed by atoms with van der Waals surface area (Å²) in [6, 6.07) is 7.69. The molecular weight excluding hydrogens is 678 g/mol. The number of phenolic OH excluding ortho intramolecular Hbond substituents is 2.